The molecule has 0 amide bonds. The molecule has 2 aromatic heterocycles. The average molecular weight is 281 g/mol. The maximum atomic E-state index is 5.82. The monoisotopic (exact) mass is 281 g/mol. The van der Waals surface area contributed by atoms with Gasteiger partial charge in [-0.3, -0.25) is 0 Å². The third-order valence-electron chi connectivity index (χ3n) is 3.11. The van der Waals surface area contributed by atoms with Gasteiger partial charge in [0.15, 0.2) is 0 Å². The summed E-state index contributed by atoms with van der Waals surface area (Å²) in [7, 11) is 0. The third-order valence-corrected chi connectivity index (χ3v) is 4.26. The number of aromatic nitrogens is 2. The summed E-state index contributed by atoms with van der Waals surface area (Å²) in [5, 5.41) is 1.10. The topological polar surface area (TPSA) is 54.7 Å². The second-order valence-electron chi connectivity index (χ2n) is 4.40. The number of pyridine rings is 1. The molecule has 0 radical (unpaired) electrons. The largest absolute Gasteiger partial charge is 0.404 e. The number of hydrogen-bond donors (Lipinski definition) is 2. The van der Waals surface area contributed by atoms with Gasteiger partial charge in [-0.1, -0.05) is 30.3 Å². The maximum Gasteiger partial charge on any atom is 0.137 e. The molecular weight excluding hydrogens is 266 g/mol. The van der Waals surface area contributed by atoms with Gasteiger partial charge < -0.3 is 10.7 Å². The number of nitrogens with zero attached hydrogens (tertiary/aromatic N) is 1. The summed E-state index contributed by atoms with van der Waals surface area (Å²) in [6.45, 7) is 0. The van der Waals surface area contributed by atoms with Gasteiger partial charge in [0, 0.05) is 40.2 Å². The van der Waals surface area contributed by atoms with Gasteiger partial charge in [-0.15, -0.1) is 11.8 Å². The zero-order valence-electron chi connectivity index (χ0n) is 10.9. The van der Waals surface area contributed by atoms with E-state index in [1.165, 1.54) is 5.56 Å². The smallest absolute Gasteiger partial charge is 0.137 e. The molecule has 0 saturated carbocycles. The van der Waals surface area contributed by atoms with Crippen LogP contribution in [-0.2, 0) is 5.75 Å². The van der Waals surface area contributed by atoms with E-state index in [-0.39, 0.29) is 0 Å². The van der Waals surface area contributed by atoms with E-state index in [1.807, 2.05) is 24.4 Å². The van der Waals surface area contributed by atoms with Crippen molar-refractivity contribution in [3.05, 3.63) is 72.2 Å². The molecule has 0 unspecified atom stereocenters. The second kappa shape index (κ2) is 5.84. The summed E-state index contributed by atoms with van der Waals surface area (Å²) in [5.74, 6) is 0.901. The van der Waals surface area contributed by atoms with Crippen LogP contribution < -0.4 is 5.73 Å². The third kappa shape index (κ3) is 2.56. The molecule has 0 aliphatic heterocycles. The van der Waals surface area contributed by atoms with Gasteiger partial charge in [0.1, 0.15) is 5.65 Å². The van der Waals surface area contributed by atoms with Crippen LogP contribution in [0.4, 0.5) is 0 Å². The van der Waals surface area contributed by atoms with E-state index in [9.17, 15) is 0 Å². The Balaban J connectivity index is 1.85. The lowest BCUT2D eigenvalue weighted by Gasteiger charge is -2.08. The number of benzene rings is 1. The Hall–Kier alpha value is -2.20. The minimum atomic E-state index is 0.891. The Bertz CT molecular complexity index is 732. The van der Waals surface area contributed by atoms with Crippen molar-refractivity contribution in [1.29, 1.82) is 0 Å². The molecule has 100 valence electrons. The zero-order valence-corrected chi connectivity index (χ0v) is 11.7. The molecule has 2 heterocycles. The first-order valence-corrected chi connectivity index (χ1v) is 7.38. The van der Waals surface area contributed by atoms with Crippen molar-refractivity contribution in [2.24, 2.45) is 5.73 Å². The fourth-order valence-corrected chi connectivity index (χ4v) is 3.07. The minimum Gasteiger partial charge on any atom is -0.404 e. The van der Waals surface area contributed by atoms with Crippen LogP contribution in [-0.4, -0.2) is 9.97 Å². The molecule has 0 fully saturated rings. The summed E-state index contributed by atoms with van der Waals surface area (Å²) in [5.41, 5.74) is 9.12. The van der Waals surface area contributed by atoms with Crippen molar-refractivity contribution < 1.29 is 0 Å². The molecule has 0 aliphatic rings. The van der Waals surface area contributed by atoms with E-state index >= 15 is 0 Å². The van der Waals surface area contributed by atoms with Gasteiger partial charge in [-0.25, -0.2) is 4.98 Å². The summed E-state index contributed by atoms with van der Waals surface area (Å²) in [6.07, 6.45) is 5.38. The minimum absolute atomic E-state index is 0.891. The summed E-state index contributed by atoms with van der Waals surface area (Å²) < 4.78 is 0. The van der Waals surface area contributed by atoms with Crippen LogP contribution in [0.3, 0.4) is 0 Å². The first kappa shape index (κ1) is 12.8. The quantitative estimate of drug-likeness (QED) is 0.765. The molecule has 3 nitrogen and oxygen atoms in total. The highest BCUT2D eigenvalue weighted by molar-refractivity contribution is 8.07. The molecule has 0 bridgehead atoms. The van der Waals surface area contributed by atoms with Crippen molar-refractivity contribution in [3.8, 4) is 0 Å². The molecule has 3 aromatic rings. The van der Waals surface area contributed by atoms with E-state index < -0.39 is 0 Å². The average Bonchev–Trinajstić information content (AvgIpc) is 2.98. The molecule has 4 heteroatoms. The number of thioether (sulfide) groups is 1. The lowest BCUT2D eigenvalue weighted by molar-refractivity contribution is 1.32. The Labute approximate surface area is 121 Å². The van der Waals surface area contributed by atoms with Gasteiger partial charge >= 0.3 is 0 Å². The van der Waals surface area contributed by atoms with Crippen LogP contribution >= 0.6 is 11.8 Å². The van der Waals surface area contributed by atoms with Gasteiger partial charge in [-0.2, -0.15) is 0 Å². The van der Waals surface area contributed by atoms with Crippen molar-refractivity contribution >= 4 is 27.7 Å². The zero-order chi connectivity index (χ0) is 13.8. The summed E-state index contributed by atoms with van der Waals surface area (Å²) in [6, 6.07) is 14.4. The standard InChI is InChI=1S/C16H15N3S/c17-10-15(20-11-12-4-2-1-3-5-12)13-6-8-18-16-14(13)7-9-19-16/h1-10H,11,17H2,(H,18,19)/b15-10-. The summed E-state index contributed by atoms with van der Waals surface area (Å²) >= 11 is 1.74. The fraction of sp³-hybridized carbons (Fsp3) is 0.0625. The lowest BCUT2D eigenvalue weighted by Crippen LogP contribution is -1.90. The number of H-pyrrole nitrogens is 1. The molecule has 0 atom stereocenters. The van der Waals surface area contributed by atoms with Crippen molar-refractivity contribution in [2.75, 3.05) is 0 Å². The SMILES string of the molecule is N/C=C(\SCc1ccccc1)c1ccnc2[nH]ccc12. The highest BCUT2D eigenvalue weighted by Crippen LogP contribution is 2.33. The van der Waals surface area contributed by atoms with E-state index in [1.54, 1.807) is 24.2 Å². The van der Waals surface area contributed by atoms with Crippen LogP contribution in [0.1, 0.15) is 11.1 Å². The highest BCUT2D eigenvalue weighted by Gasteiger charge is 2.08. The number of fused-ring (bicyclic) bond motifs is 1. The number of nitrogens with one attached hydrogen (secondary N) is 1. The van der Waals surface area contributed by atoms with Crippen LogP contribution in [0, 0.1) is 0 Å². The van der Waals surface area contributed by atoms with Crippen LogP contribution in [0.15, 0.2) is 61.1 Å². The molecule has 0 saturated heterocycles. The molecule has 0 spiro atoms. The molecule has 1 aromatic carbocycles. The number of rotatable bonds is 4. The molecule has 0 aliphatic carbocycles. The van der Waals surface area contributed by atoms with Crippen LogP contribution in [0.2, 0.25) is 0 Å². The van der Waals surface area contributed by atoms with Crippen LogP contribution in [0.25, 0.3) is 15.9 Å². The predicted molar refractivity (Wildman–Crippen MR) is 86.0 cm³/mol. The van der Waals surface area contributed by atoms with E-state index in [4.69, 9.17) is 5.73 Å². The first-order valence-electron chi connectivity index (χ1n) is 6.39. The Kier molecular flexibility index (Phi) is 3.74. The Morgan fingerprint density at radius 1 is 1.20 bits per heavy atom. The molecular formula is C16H15N3S. The first-order chi connectivity index (χ1) is 9.88. The normalized spacial score (nSPS) is 11.9. The second-order valence-corrected chi connectivity index (χ2v) is 5.42. The maximum absolute atomic E-state index is 5.82. The predicted octanol–water partition coefficient (Wildman–Crippen LogP) is 3.75. The van der Waals surface area contributed by atoms with Crippen molar-refractivity contribution in [1.82, 2.24) is 9.97 Å². The highest BCUT2D eigenvalue weighted by atomic mass is 32.2. The van der Waals surface area contributed by atoms with Gasteiger partial charge in [0.2, 0.25) is 0 Å². The van der Waals surface area contributed by atoms with Gasteiger partial charge in [0.05, 0.1) is 0 Å². The molecule has 3 N–H and O–H groups in total. The number of nitrogens with two attached hydrogens (primary N) is 1. The fourth-order valence-electron chi connectivity index (χ4n) is 2.13. The number of aromatic amines is 1. The van der Waals surface area contributed by atoms with Gasteiger partial charge in [0.25, 0.3) is 0 Å². The van der Waals surface area contributed by atoms with E-state index in [2.05, 4.69) is 34.2 Å². The van der Waals surface area contributed by atoms with Crippen LogP contribution in [0.5, 0.6) is 0 Å². The van der Waals surface area contributed by atoms with E-state index in [0.29, 0.717) is 0 Å². The van der Waals surface area contributed by atoms with E-state index in [0.717, 1.165) is 27.3 Å². The summed E-state index contributed by atoms with van der Waals surface area (Å²) in [4.78, 5) is 8.50. The van der Waals surface area contributed by atoms with Crippen molar-refractivity contribution in [2.45, 2.75) is 5.75 Å². The van der Waals surface area contributed by atoms with Crippen molar-refractivity contribution in [3.63, 3.8) is 0 Å². The number of hydrogen-bond acceptors (Lipinski definition) is 3. The Morgan fingerprint density at radius 2 is 2.05 bits per heavy atom. The van der Waals surface area contributed by atoms with Gasteiger partial charge in [-0.05, 0) is 17.7 Å². The molecule has 20 heavy (non-hydrogen) atoms. The Morgan fingerprint density at radius 3 is 2.85 bits per heavy atom. The molecule has 3 rings (SSSR count). The lowest BCUT2D eigenvalue weighted by atomic mass is 10.2.